The number of benzene rings is 1. The summed E-state index contributed by atoms with van der Waals surface area (Å²) in [5.74, 6) is 1.11. The van der Waals surface area contributed by atoms with Crippen molar-refractivity contribution < 1.29 is 19.4 Å². The fourth-order valence-electron chi connectivity index (χ4n) is 7.10. The molecule has 5 aliphatic rings. The van der Waals surface area contributed by atoms with Crippen molar-refractivity contribution in [2.75, 3.05) is 31.7 Å². The van der Waals surface area contributed by atoms with E-state index in [2.05, 4.69) is 24.0 Å². The fraction of sp³-hybridized carbons (Fsp3) is 0.591. The van der Waals surface area contributed by atoms with Crippen molar-refractivity contribution >= 4 is 11.6 Å². The van der Waals surface area contributed by atoms with Crippen molar-refractivity contribution in [3.8, 4) is 5.75 Å². The molecule has 2 bridgehead atoms. The standard InChI is InChI=1S/C22H26N2O4/c1-3-12-10-23-7-6-22-16-8-13(27-2)4-5-17(16)24-19(22)15(14(12)9-18(22)23)11-28-21(26)20(24)25/h3-5,8,14-15,18-19,21,26H,6-7,9-11H2,1-2H3. The number of aliphatic hydroxyl groups is 1. The molecule has 0 radical (unpaired) electrons. The normalized spacial score (nSPS) is 42.4. The SMILES string of the molecule is CC=C1CN2CCC34c5cc(OC)ccc5N5C(=O)C(O)OCC(C1CC23)C54. The number of allylic oxidation sites excluding steroid dienone is 1. The summed E-state index contributed by atoms with van der Waals surface area (Å²) in [7, 11) is 1.69. The molecule has 1 aliphatic carbocycles. The highest BCUT2D eigenvalue weighted by atomic mass is 16.6. The van der Waals surface area contributed by atoms with Gasteiger partial charge in [0.25, 0.3) is 5.91 Å². The van der Waals surface area contributed by atoms with Gasteiger partial charge < -0.3 is 19.5 Å². The molecule has 6 atom stereocenters. The Kier molecular flexibility index (Phi) is 3.39. The molecule has 6 rings (SSSR count). The van der Waals surface area contributed by atoms with Gasteiger partial charge in [-0.1, -0.05) is 11.6 Å². The van der Waals surface area contributed by atoms with Gasteiger partial charge in [-0.2, -0.15) is 0 Å². The third kappa shape index (κ3) is 1.82. The Hall–Kier alpha value is -1.89. The van der Waals surface area contributed by atoms with Crippen LogP contribution < -0.4 is 9.64 Å². The highest BCUT2D eigenvalue weighted by Crippen LogP contribution is 2.64. The van der Waals surface area contributed by atoms with Gasteiger partial charge in [-0.15, -0.1) is 0 Å². The third-order valence-electron chi connectivity index (χ3n) is 8.15. The first-order valence-electron chi connectivity index (χ1n) is 10.3. The van der Waals surface area contributed by atoms with Crippen molar-refractivity contribution in [3.05, 3.63) is 35.4 Å². The molecule has 6 unspecified atom stereocenters. The number of aliphatic hydroxyl groups excluding tert-OH is 1. The van der Waals surface area contributed by atoms with Crippen LogP contribution in [0, 0.1) is 11.8 Å². The second-order valence-electron chi connectivity index (χ2n) is 8.87. The zero-order valence-electron chi connectivity index (χ0n) is 16.3. The average molecular weight is 382 g/mol. The molecule has 4 aliphatic heterocycles. The number of rotatable bonds is 1. The maximum Gasteiger partial charge on any atom is 0.284 e. The maximum absolute atomic E-state index is 13.2. The molecule has 1 aromatic carbocycles. The van der Waals surface area contributed by atoms with E-state index in [1.807, 2.05) is 17.0 Å². The minimum atomic E-state index is -1.39. The van der Waals surface area contributed by atoms with Crippen molar-refractivity contribution in [3.63, 3.8) is 0 Å². The second-order valence-corrected chi connectivity index (χ2v) is 8.87. The summed E-state index contributed by atoms with van der Waals surface area (Å²) in [5, 5.41) is 10.4. The summed E-state index contributed by atoms with van der Waals surface area (Å²) in [4.78, 5) is 17.7. The fourth-order valence-corrected chi connectivity index (χ4v) is 7.10. The molecule has 1 N–H and O–H groups in total. The van der Waals surface area contributed by atoms with Crippen molar-refractivity contribution in [2.24, 2.45) is 11.8 Å². The van der Waals surface area contributed by atoms with Gasteiger partial charge in [-0.05, 0) is 56.0 Å². The first-order valence-corrected chi connectivity index (χ1v) is 10.3. The van der Waals surface area contributed by atoms with E-state index in [1.165, 1.54) is 11.1 Å². The predicted molar refractivity (Wildman–Crippen MR) is 103 cm³/mol. The molecule has 6 heteroatoms. The molecule has 0 aromatic heterocycles. The molecular formula is C22H26N2O4. The van der Waals surface area contributed by atoms with Crippen molar-refractivity contribution in [2.45, 2.75) is 43.6 Å². The van der Waals surface area contributed by atoms with Gasteiger partial charge in [-0.3, -0.25) is 9.69 Å². The molecule has 148 valence electrons. The van der Waals surface area contributed by atoms with E-state index in [9.17, 15) is 9.90 Å². The number of anilines is 1. The Bertz CT molecular complexity index is 899. The van der Waals surface area contributed by atoms with Gasteiger partial charge in [0, 0.05) is 29.6 Å². The molecule has 1 amide bonds. The predicted octanol–water partition coefficient (Wildman–Crippen LogP) is 1.67. The van der Waals surface area contributed by atoms with E-state index < -0.39 is 6.29 Å². The van der Waals surface area contributed by atoms with Gasteiger partial charge in [-0.25, -0.2) is 0 Å². The van der Waals surface area contributed by atoms with E-state index in [0.29, 0.717) is 18.6 Å². The van der Waals surface area contributed by atoms with Crippen LogP contribution in [0.2, 0.25) is 0 Å². The first kappa shape index (κ1) is 17.0. The molecule has 1 spiro atoms. The van der Waals surface area contributed by atoms with Crippen LogP contribution in [0.4, 0.5) is 5.69 Å². The number of methoxy groups -OCH3 is 1. The molecular weight excluding hydrogens is 356 g/mol. The van der Waals surface area contributed by atoms with Crippen molar-refractivity contribution in [1.29, 1.82) is 0 Å². The Morgan fingerprint density at radius 1 is 1.39 bits per heavy atom. The summed E-state index contributed by atoms with van der Waals surface area (Å²) in [6, 6.07) is 6.50. The molecule has 3 saturated heterocycles. The van der Waals surface area contributed by atoms with Crippen LogP contribution in [0.5, 0.6) is 5.75 Å². The Morgan fingerprint density at radius 3 is 3.04 bits per heavy atom. The summed E-state index contributed by atoms with van der Waals surface area (Å²) in [6.07, 6.45) is 2.99. The highest BCUT2D eigenvalue weighted by molar-refractivity contribution is 6.00. The van der Waals surface area contributed by atoms with Crippen LogP contribution in [-0.4, -0.2) is 61.1 Å². The van der Waals surface area contributed by atoms with Crippen LogP contribution in [0.25, 0.3) is 0 Å². The van der Waals surface area contributed by atoms with E-state index >= 15 is 0 Å². The van der Waals surface area contributed by atoms with Crippen LogP contribution in [0.1, 0.15) is 25.3 Å². The lowest BCUT2D eigenvalue weighted by Gasteiger charge is -2.55. The van der Waals surface area contributed by atoms with Crippen molar-refractivity contribution in [1.82, 2.24) is 4.90 Å². The Balaban J connectivity index is 1.63. The number of piperidine rings is 1. The number of hydrogen-bond donors (Lipinski definition) is 1. The molecule has 4 heterocycles. The second kappa shape index (κ2) is 5.59. The number of hydrogen-bond acceptors (Lipinski definition) is 5. The van der Waals surface area contributed by atoms with Crippen LogP contribution in [-0.2, 0) is 14.9 Å². The van der Waals surface area contributed by atoms with E-state index in [-0.39, 0.29) is 23.3 Å². The van der Waals surface area contributed by atoms with Gasteiger partial charge in [0.1, 0.15) is 5.75 Å². The van der Waals surface area contributed by atoms with Gasteiger partial charge in [0.15, 0.2) is 0 Å². The van der Waals surface area contributed by atoms with Crippen LogP contribution in [0.3, 0.4) is 0 Å². The topological polar surface area (TPSA) is 62.2 Å². The summed E-state index contributed by atoms with van der Waals surface area (Å²) >= 11 is 0. The van der Waals surface area contributed by atoms with E-state index in [1.54, 1.807) is 7.11 Å². The lowest BCUT2D eigenvalue weighted by molar-refractivity contribution is -0.154. The minimum Gasteiger partial charge on any atom is -0.497 e. The molecule has 6 nitrogen and oxygen atoms in total. The maximum atomic E-state index is 13.2. The smallest absolute Gasteiger partial charge is 0.284 e. The molecule has 28 heavy (non-hydrogen) atoms. The monoisotopic (exact) mass is 382 g/mol. The number of fused-ring (bicyclic) bond motifs is 4. The number of amides is 1. The highest BCUT2D eigenvalue weighted by Gasteiger charge is 2.69. The summed E-state index contributed by atoms with van der Waals surface area (Å²) in [5.41, 5.74) is 3.51. The minimum absolute atomic E-state index is 0.0308. The summed E-state index contributed by atoms with van der Waals surface area (Å²) in [6.45, 7) is 4.60. The van der Waals surface area contributed by atoms with Crippen LogP contribution in [0.15, 0.2) is 29.8 Å². The van der Waals surface area contributed by atoms with Crippen LogP contribution >= 0.6 is 0 Å². The molecule has 4 fully saturated rings. The van der Waals surface area contributed by atoms with E-state index in [4.69, 9.17) is 9.47 Å². The summed E-state index contributed by atoms with van der Waals surface area (Å²) < 4.78 is 11.2. The van der Waals surface area contributed by atoms with Gasteiger partial charge >= 0.3 is 0 Å². The Morgan fingerprint density at radius 2 is 2.25 bits per heavy atom. The first-order chi connectivity index (χ1) is 13.6. The van der Waals surface area contributed by atoms with E-state index in [0.717, 1.165) is 37.4 Å². The lowest BCUT2D eigenvalue weighted by Crippen LogP contribution is -2.65. The number of carbonyl (C=O) groups excluding carboxylic acids is 1. The van der Waals surface area contributed by atoms with Gasteiger partial charge in [0.05, 0.1) is 19.8 Å². The molecule has 1 saturated carbocycles. The quantitative estimate of drug-likeness (QED) is 0.749. The zero-order valence-corrected chi connectivity index (χ0v) is 16.3. The van der Waals surface area contributed by atoms with Gasteiger partial charge in [0.2, 0.25) is 6.29 Å². The molecule has 1 aromatic rings. The number of carbonyl (C=O) groups is 1. The zero-order chi connectivity index (χ0) is 19.2. The largest absolute Gasteiger partial charge is 0.497 e. The average Bonchev–Trinajstić information content (AvgIpc) is 3.21. The third-order valence-corrected chi connectivity index (χ3v) is 8.15. The Labute approximate surface area is 164 Å². The number of ether oxygens (including phenoxy) is 2. The number of nitrogens with zero attached hydrogens (tertiary/aromatic N) is 2. The lowest BCUT2D eigenvalue weighted by atomic mass is 9.55.